The number of phosphoric acid groups is 1. The molecule has 0 aliphatic heterocycles. The molecule has 1 amide bonds. The monoisotopic (exact) mass is 1150 g/mol. The lowest BCUT2D eigenvalue weighted by atomic mass is 10.0. The molecule has 0 saturated heterocycles. The van der Waals surface area contributed by atoms with Gasteiger partial charge in [0.2, 0.25) is 5.91 Å². The molecule has 0 fully saturated rings. The molecule has 0 heterocycles. The van der Waals surface area contributed by atoms with E-state index in [9.17, 15) is 19.4 Å². The van der Waals surface area contributed by atoms with E-state index in [4.69, 9.17) is 9.05 Å². The first-order valence-electron chi connectivity index (χ1n) is 34.4. The van der Waals surface area contributed by atoms with Crippen LogP contribution in [0.2, 0.25) is 0 Å². The van der Waals surface area contributed by atoms with Crippen molar-refractivity contribution in [1.29, 1.82) is 0 Å². The van der Waals surface area contributed by atoms with Crippen LogP contribution in [0.25, 0.3) is 0 Å². The molecule has 0 radical (unpaired) electrons. The molecule has 2 N–H and O–H groups in total. The minimum absolute atomic E-state index is 0.0117. The van der Waals surface area contributed by atoms with Gasteiger partial charge in [0.25, 0.3) is 7.82 Å². The van der Waals surface area contributed by atoms with E-state index in [2.05, 4.69) is 92.1 Å². The van der Waals surface area contributed by atoms with Crippen LogP contribution in [0.5, 0.6) is 0 Å². The number of aliphatic hydroxyl groups excluding tert-OH is 1. The van der Waals surface area contributed by atoms with E-state index in [0.29, 0.717) is 17.4 Å². The Morgan fingerprint density at radius 1 is 0.444 bits per heavy atom. The summed E-state index contributed by atoms with van der Waals surface area (Å²) in [6.45, 7) is 4.54. The lowest BCUT2D eigenvalue weighted by Gasteiger charge is -2.29. The Bertz CT molecular complexity index is 1600. The first kappa shape index (κ1) is 78.7. The second-order valence-corrected chi connectivity index (χ2v) is 25.9. The standard InChI is InChI=1S/C72H133N2O6P/c1-6-8-10-12-14-16-18-20-22-24-26-28-30-32-34-35-36-37-38-40-41-43-45-47-49-51-53-55-57-59-61-63-65-71(75)70(69-80-81(77,78)79-68-67-74(3,4)5)73-72(76)66-64-62-60-58-56-54-52-50-48-46-44-42-39-33-31-29-27-25-23-21-19-17-15-13-11-9-7-2/h9,11,15,17,21,23,27,29,47,49,55,57,63,65,70-71,75H,6-8,10,12-14,16,18-20,22,24-26,28,30-46,48,50-54,56,58-62,64,66-69H2,1-5H3,(H-,73,76,77,78)/b11-9-,17-15-,23-21-,29-27-,49-47+,57-55+,65-63+. The van der Waals surface area contributed by atoms with Gasteiger partial charge < -0.3 is 28.8 Å². The normalized spacial score (nSPS) is 14.2. The highest BCUT2D eigenvalue weighted by atomic mass is 31.2. The summed E-state index contributed by atoms with van der Waals surface area (Å²) in [5.41, 5.74) is 0. The van der Waals surface area contributed by atoms with E-state index in [1.54, 1.807) is 6.08 Å². The van der Waals surface area contributed by atoms with Gasteiger partial charge in [0, 0.05) is 6.42 Å². The van der Waals surface area contributed by atoms with E-state index in [1.807, 2.05) is 27.2 Å². The summed E-state index contributed by atoms with van der Waals surface area (Å²) < 4.78 is 23.4. The summed E-state index contributed by atoms with van der Waals surface area (Å²) in [6, 6.07) is -0.916. The second kappa shape index (κ2) is 62.2. The van der Waals surface area contributed by atoms with Crippen molar-refractivity contribution in [3.8, 4) is 0 Å². The molecule has 0 aromatic rings. The van der Waals surface area contributed by atoms with E-state index >= 15 is 0 Å². The number of allylic oxidation sites excluding steroid dienone is 13. The number of nitrogens with one attached hydrogen (secondary N) is 1. The van der Waals surface area contributed by atoms with Gasteiger partial charge in [0.1, 0.15) is 13.2 Å². The highest BCUT2D eigenvalue weighted by molar-refractivity contribution is 7.45. The molecule has 0 rings (SSSR count). The molecule has 0 aromatic carbocycles. The smallest absolute Gasteiger partial charge is 0.268 e. The van der Waals surface area contributed by atoms with E-state index in [0.717, 1.165) is 70.6 Å². The van der Waals surface area contributed by atoms with Crippen LogP contribution in [0.1, 0.15) is 316 Å². The van der Waals surface area contributed by atoms with Crippen molar-refractivity contribution in [2.75, 3.05) is 40.9 Å². The van der Waals surface area contributed by atoms with Crippen molar-refractivity contribution in [3.63, 3.8) is 0 Å². The first-order chi connectivity index (χ1) is 39.5. The average Bonchev–Trinajstić information content (AvgIpc) is 3.43. The number of hydrogen-bond acceptors (Lipinski definition) is 6. The van der Waals surface area contributed by atoms with Crippen LogP contribution in [0.15, 0.2) is 85.1 Å². The van der Waals surface area contributed by atoms with Crippen molar-refractivity contribution < 1.29 is 32.9 Å². The highest BCUT2D eigenvalue weighted by Crippen LogP contribution is 2.38. The van der Waals surface area contributed by atoms with Crippen molar-refractivity contribution in [1.82, 2.24) is 5.32 Å². The van der Waals surface area contributed by atoms with Crippen LogP contribution in [0.4, 0.5) is 0 Å². The molecule has 0 spiro atoms. The van der Waals surface area contributed by atoms with Crippen molar-refractivity contribution >= 4 is 13.7 Å². The van der Waals surface area contributed by atoms with Crippen molar-refractivity contribution in [2.45, 2.75) is 328 Å². The number of carbonyl (C=O) groups is 1. The molecule has 9 heteroatoms. The fraction of sp³-hybridized carbons (Fsp3) is 0.792. The Balaban J connectivity index is 4.15. The van der Waals surface area contributed by atoms with Gasteiger partial charge in [-0.15, -0.1) is 0 Å². The van der Waals surface area contributed by atoms with Crippen molar-refractivity contribution in [2.24, 2.45) is 0 Å². The van der Waals surface area contributed by atoms with Gasteiger partial charge in [0.05, 0.1) is 39.9 Å². The number of aliphatic hydroxyl groups is 1. The predicted molar refractivity (Wildman–Crippen MR) is 353 cm³/mol. The number of carbonyl (C=O) groups excluding carboxylic acids is 1. The minimum Gasteiger partial charge on any atom is -0.756 e. The topological polar surface area (TPSA) is 108 Å². The number of nitrogens with zero attached hydrogens (tertiary/aromatic N) is 1. The Labute approximate surface area is 503 Å². The fourth-order valence-electron chi connectivity index (χ4n) is 10.0. The molecule has 3 atom stereocenters. The summed E-state index contributed by atoms with van der Waals surface area (Å²) in [5.74, 6) is -0.211. The third-order valence-electron chi connectivity index (χ3n) is 15.3. The van der Waals surface area contributed by atoms with Gasteiger partial charge in [-0.3, -0.25) is 9.36 Å². The zero-order valence-electron chi connectivity index (χ0n) is 54.0. The Morgan fingerprint density at radius 3 is 1.15 bits per heavy atom. The van der Waals surface area contributed by atoms with Crippen LogP contribution in [0.3, 0.4) is 0 Å². The van der Waals surface area contributed by atoms with Gasteiger partial charge in [0.15, 0.2) is 0 Å². The number of phosphoric ester groups is 1. The lowest BCUT2D eigenvalue weighted by Crippen LogP contribution is -2.45. The molecule has 0 saturated carbocycles. The van der Waals surface area contributed by atoms with Crippen molar-refractivity contribution in [3.05, 3.63) is 85.1 Å². The van der Waals surface area contributed by atoms with Crippen LogP contribution >= 0.6 is 7.82 Å². The maximum Gasteiger partial charge on any atom is 0.268 e. The Morgan fingerprint density at radius 2 is 0.765 bits per heavy atom. The number of amides is 1. The van der Waals surface area contributed by atoms with Gasteiger partial charge in [-0.05, 0) is 83.5 Å². The Hall–Kier alpha value is -2.32. The molecule has 0 bridgehead atoms. The first-order valence-corrected chi connectivity index (χ1v) is 35.9. The van der Waals surface area contributed by atoms with Crippen LogP contribution < -0.4 is 10.2 Å². The molecule has 472 valence electrons. The summed E-state index contributed by atoms with van der Waals surface area (Å²) in [6.07, 6.45) is 88.5. The van der Waals surface area contributed by atoms with E-state index in [1.165, 1.54) is 225 Å². The summed E-state index contributed by atoms with van der Waals surface area (Å²) in [7, 11) is 1.24. The predicted octanol–water partition coefficient (Wildman–Crippen LogP) is 21.3. The minimum atomic E-state index is -4.62. The molecule has 0 aromatic heterocycles. The fourth-order valence-corrected chi connectivity index (χ4v) is 10.7. The molecule has 8 nitrogen and oxygen atoms in total. The molecular weight excluding hydrogens is 1020 g/mol. The van der Waals surface area contributed by atoms with E-state index < -0.39 is 26.6 Å². The lowest BCUT2D eigenvalue weighted by molar-refractivity contribution is -0.870. The average molecular weight is 1150 g/mol. The second-order valence-electron chi connectivity index (χ2n) is 24.5. The SMILES string of the molecule is CC/C=C\C/C=C\C/C=C\C/C=C\CCCCCCCCCCCCCCCCC(=O)NC(COP(=O)([O-])OCC[N+](C)(C)C)C(O)/C=C/CC/C=C/CC/C=C/CCCCCCCCCCCCCCCCCCCCCCCC. The van der Waals surface area contributed by atoms with Gasteiger partial charge >= 0.3 is 0 Å². The van der Waals surface area contributed by atoms with Crippen LogP contribution in [-0.2, 0) is 18.4 Å². The largest absolute Gasteiger partial charge is 0.756 e. The maximum atomic E-state index is 13.0. The zero-order valence-corrected chi connectivity index (χ0v) is 54.9. The third-order valence-corrected chi connectivity index (χ3v) is 16.3. The summed E-state index contributed by atoms with van der Waals surface area (Å²) >= 11 is 0. The molecule has 81 heavy (non-hydrogen) atoms. The van der Waals surface area contributed by atoms with Gasteiger partial charge in [-0.1, -0.05) is 311 Å². The summed E-state index contributed by atoms with van der Waals surface area (Å²) in [4.78, 5) is 25.6. The third kappa shape index (κ3) is 65.1. The van der Waals surface area contributed by atoms with Gasteiger partial charge in [-0.2, -0.15) is 0 Å². The Kier molecular flexibility index (Phi) is 60.4. The number of quaternary nitrogens is 1. The van der Waals surface area contributed by atoms with Crippen LogP contribution in [0, 0.1) is 0 Å². The zero-order chi connectivity index (χ0) is 59.1. The summed E-state index contributed by atoms with van der Waals surface area (Å²) in [5, 5.41) is 13.9. The number of likely N-dealkylation sites (N-methyl/N-ethyl adjacent to an activating group) is 1. The van der Waals surface area contributed by atoms with E-state index in [-0.39, 0.29) is 12.5 Å². The maximum absolute atomic E-state index is 13.0. The number of hydrogen-bond donors (Lipinski definition) is 2. The number of rotatable bonds is 63. The molecule has 0 aliphatic carbocycles. The quantitative estimate of drug-likeness (QED) is 0.0272. The number of unbranched alkanes of at least 4 members (excludes halogenated alkanes) is 38. The van der Waals surface area contributed by atoms with Gasteiger partial charge in [-0.25, -0.2) is 0 Å². The molecule has 3 unspecified atom stereocenters. The highest BCUT2D eigenvalue weighted by Gasteiger charge is 2.23. The van der Waals surface area contributed by atoms with Crippen LogP contribution in [-0.4, -0.2) is 68.5 Å². The molecule has 0 aliphatic rings. The molecular formula is C72H133N2O6P.